The van der Waals surface area contributed by atoms with Crippen molar-refractivity contribution < 1.29 is 4.74 Å². The van der Waals surface area contributed by atoms with Crippen LogP contribution in [0.5, 0.6) is 0 Å². The Kier molecular flexibility index (Phi) is 4.20. The zero-order valence-electron chi connectivity index (χ0n) is 9.34. The molecule has 0 spiro atoms. The molecule has 0 amide bonds. The number of rotatable bonds is 4. The van der Waals surface area contributed by atoms with Gasteiger partial charge in [-0.05, 0) is 32.6 Å². The van der Waals surface area contributed by atoms with E-state index in [1.54, 1.807) is 7.11 Å². The summed E-state index contributed by atoms with van der Waals surface area (Å²) in [4.78, 5) is 0. The molecule has 0 saturated heterocycles. The predicted molar refractivity (Wildman–Crippen MR) is 55.9 cm³/mol. The molecular formula is C11H23NO. The topological polar surface area (TPSA) is 21.3 Å². The van der Waals surface area contributed by atoms with Gasteiger partial charge in [0.1, 0.15) is 0 Å². The third-order valence-corrected chi connectivity index (χ3v) is 3.41. The summed E-state index contributed by atoms with van der Waals surface area (Å²) in [5, 5.41) is 3.65. The molecule has 13 heavy (non-hydrogen) atoms. The molecule has 2 heteroatoms. The fourth-order valence-corrected chi connectivity index (χ4v) is 2.07. The van der Waals surface area contributed by atoms with Crippen LogP contribution in [0, 0.1) is 5.92 Å². The van der Waals surface area contributed by atoms with Crippen molar-refractivity contribution in [3.63, 3.8) is 0 Å². The summed E-state index contributed by atoms with van der Waals surface area (Å²) in [6.07, 6.45) is 4.41. The quantitative estimate of drug-likeness (QED) is 0.725. The molecule has 4 unspecified atom stereocenters. The van der Waals surface area contributed by atoms with Gasteiger partial charge in [-0.25, -0.2) is 0 Å². The van der Waals surface area contributed by atoms with E-state index in [0.717, 1.165) is 5.92 Å². The molecule has 1 saturated carbocycles. The highest BCUT2D eigenvalue weighted by Gasteiger charge is 2.25. The number of methoxy groups -OCH3 is 1. The van der Waals surface area contributed by atoms with Crippen molar-refractivity contribution in [1.29, 1.82) is 0 Å². The minimum atomic E-state index is 0.313. The van der Waals surface area contributed by atoms with Gasteiger partial charge in [0.15, 0.2) is 0 Å². The SMILES string of the molecule is COC(C)C(C)NC1CCCC1C. The van der Waals surface area contributed by atoms with Crippen molar-refractivity contribution in [3.05, 3.63) is 0 Å². The fraction of sp³-hybridized carbons (Fsp3) is 1.00. The highest BCUT2D eigenvalue weighted by Crippen LogP contribution is 2.25. The number of hydrogen-bond donors (Lipinski definition) is 1. The Labute approximate surface area is 82.0 Å². The van der Waals surface area contributed by atoms with Gasteiger partial charge in [0, 0.05) is 19.2 Å². The number of ether oxygens (including phenoxy) is 1. The average molecular weight is 185 g/mol. The van der Waals surface area contributed by atoms with Crippen molar-refractivity contribution >= 4 is 0 Å². The molecular weight excluding hydrogens is 162 g/mol. The first-order valence-electron chi connectivity index (χ1n) is 5.44. The van der Waals surface area contributed by atoms with Crippen molar-refractivity contribution in [1.82, 2.24) is 5.32 Å². The van der Waals surface area contributed by atoms with Crippen molar-refractivity contribution in [2.45, 2.75) is 58.2 Å². The summed E-state index contributed by atoms with van der Waals surface area (Å²) in [5.74, 6) is 0.839. The maximum absolute atomic E-state index is 5.29. The Morgan fingerprint density at radius 1 is 1.31 bits per heavy atom. The van der Waals surface area contributed by atoms with Gasteiger partial charge >= 0.3 is 0 Å². The van der Waals surface area contributed by atoms with Gasteiger partial charge in [-0.3, -0.25) is 0 Å². The zero-order chi connectivity index (χ0) is 9.84. The van der Waals surface area contributed by atoms with Crippen LogP contribution < -0.4 is 5.32 Å². The molecule has 0 aromatic heterocycles. The van der Waals surface area contributed by atoms with E-state index < -0.39 is 0 Å². The lowest BCUT2D eigenvalue weighted by Gasteiger charge is -2.26. The molecule has 0 aromatic carbocycles. The summed E-state index contributed by atoms with van der Waals surface area (Å²) in [7, 11) is 1.78. The second-order valence-corrected chi connectivity index (χ2v) is 4.41. The highest BCUT2D eigenvalue weighted by atomic mass is 16.5. The van der Waals surface area contributed by atoms with E-state index in [0.29, 0.717) is 18.2 Å². The van der Waals surface area contributed by atoms with Gasteiger partial charge in [-0.1, -0.05) is 13.3 Å². The fourth-order valence-electron chi connectivity index (χ4n) is 2.07. The molecule has 1 fully saturated rings. The van der Waals surface area contributed by atoms with Crippen LogP contribution in [0.25, 0.3) is 0 Å². The molecule has 0 aromatic rings. The Balaban J connectivity index is 2.30. The van der Waals surface area contributed by atoms with Gasteiger partial charge in [0.05, 0.1) is 6.10 Å². The van der Waals surface area contributed by atoms with Gasteiger partial charge < -0.3 is 10.1 Å². The average Bonchev–Trinajstić information content (AvgIpc) is 2.50. The first-order chi connectivity index (χ1) is 6.15. The Bertz CT molecular complexity index is 149. The molecule has 2 nitrogen and oxygen atoms in total. The number of nitrogens with one attached hydrogen (secondary N) is 1. The van der Waals surface area contributed by atoms with Crippen LogP contribution in [0.1, 0.15) is 40.0 Å². The molecule has 1 aliphatic carbocycles. The van der Waals surface area contributed by atoms with E-state index in [-0.39, 0.29) is 0 Å². The highest BCUT2D eigenvalue weighted by molar-refractivity contribution is 4.83. The molecule has 78 valence electrons. The molecule has 0 bridgehead atoms. The van der Waals surface area contributed by atoms with Crippen LogP contribution in [0.15, 0.2) is 0 Å². The summed E-state index contributed by atoms with van der Waals surface area (Å²) in [6.45, 7) is 6.67. The standard InChI is InChI=1S/C11H23NO/c1-8-6-5-7-11(8)12-9(2)10(3)13-4/h8-12H,5-7H2,1-4H3. The molecule has 0 aliphatic heterocycles. The smallest absolute Gasteiger partial charge is 0.0693 e. The van der Waals surface area contributed by atoms with E-state index in [9.17, 15) is 0 Å². The van der Waals surface area contributed by atoms with Gasteiger partial charge in [0.25, 0.3) is 0 Å². The Hall–Kier alpha value is -0.0800. The lowest BCUT2D eigenvalue weighted by molar-refractivity contribution is 0.0826. The van der Waals surface area contributed by atoms with Crippen LogP contribution in [0.4, 0.5) is 0 Å². The minimum absolute atomic E-state index is 0.313. The van der Waals surface area contributed by atoms with E-state index in [4.69, 9.17) is 4.74 Å². The Morgan fingerprint density at radius 3 is 2.46 bits per heavy atom. The number of hydrogen-bond acceptors (Lipinski definition) is 2. The molecule has 1 rings (SSSR count). The van der Waals surface area contributed by atoms with Crippen molar-refractivity contribution in [2.75, 3.05) is 7.11 Å². The van der Waals surface area contributed by atoms with Gasteiger partial charge in [-0.2, -0.15) is 0 Å². The van der Waals surface area contributed by atoms with Gasteiger partial charge in [0.2, 0.25) is 0 Å². The van der Waals surface area contributed by atoms with Crippen LogP contribution in [0.3, 0.4) is 0 Å². The lowest BCUT2D eigenvalue weighted by Crippen LogP contribution is -2.44. The summed E-state index contributed by atoms with van der Waals surface area (Å²) in [6, 6.07) is 1.18. The monoisotopic (exact) mass is 185 g/mol. The van der Waals surface area contributed by atoms with Crippen LogP contribution in [-0.2, 0) is 4.74 Å². The first-order valence-corrected chi connectivity index (χ1v) is 5.44. The third kappa shape index (κ3) is 2.96. The second kappa shape index (κ2) is 4.97. The van der Waals surface area contributed by atoms with Crippen LogP contribution >= 0.6 is 0 Å². The maximum atomic E-state index is 5.29. The van der Waals surface area contributed by atoms with E-state index in [1.165, 1.54) is 19.3 Å². The normalized spacial score (nSPS) is 33.2. The Morgan fingerprint density at radius 2 is 2.00 bits per heavy atom. The zero-order valence-corrected chi connectivity index (χ0v) is 9.34. The van der Waals surface area contributed by atoms with Crippen LogP contribution in [-0.4, -0.2) is 25.3 Å². The lowest BCUT2D eigenvalue weighted by atomic mass is 10.0. The summed E-state index contributed by atoms with van der Waals surface area (Å²) < 4.78 is 5.29. The van der Waals surface area contributed by atoms with Gasteiger partial charge in [-0.15, -0.1) is 0 Å². The van der Waals surface area contributed by atoms with E-state index in [1.807, 2.05) is 0 Å². The molecule has 0 radical (unpaired) electrons. The minimum Gasteiger partial charge on any atom is -0.380 e. The van der Waals surface area contributed by atoms with E-state index >= 15 is 0 Å². The third-order valence-electron chi connectivity index (χ3n) is 3.41. The molecule has 4 atom stereocenters. The second-order valence-electron chi connectivity index (χ2n) is 4.41. The molecule has 0 heterocycles. The summed E-state index contributed by atoms with van der Waals surface area (Å²) >= 11 is 0. The first kappa shape index (κ1) is 11.0. The maximum Gasteiger partial charge on any atom is 0.0693 e. The molecule has 1 N–H and O–H groups in total. The van der Waals surface area contributed by atoms with Crippen molar-refractivity contribution in [2.24, 2.45) is 5.92 Å². The van der Waals surface area contributed by atoms with Crippen LogP contribution in [0.2, 0.25) is 0 Å². The predicted octanol–water partition coefficient (Wildman–Crippen LogP) is 2.19. The largest absolute Gasteiger partial charge is 0.380 e. The van der Waals surface area contributed by atoms with E-state index in [2.05, 4.69) is 26.1 Å². The van der Waals surface area contributed by atoms with Crippen molar-refractivity contribution in [3.8, 4) is 0 Å². The molecule has 1 aliphatic rings. The summed E-state index contributed by atoms with van der Waals surface area (Å²) in [5.41, 5.74) is 0.